The lowest BCUT2D eigenvalue weighted by Crippen LogP contribution is -2.22. The number of carbonyl (C=O) groups excluding carboxylic acids is 1. The van der Waals surface area contributed by atoms with Gasteiger partial charge in [0.05, 0.1) is 18.6 Å². The van der Waals surface area contributed by atoms with Gasteiger partial charge in [0, 0.05) is 18.5 Å². The lowest BCUT2D eigenvalue weighted by molar-refractivity contribution is -0.114. The number of halogens is 1. The molecule has 0 spiro atoms. The molecule has 0 radical (unpaired) electrons. The minimum absolute atomic E-state index is 0.0932. The van der Waals surface area contributed by atoms with E-state index in [1.165, 1.54) is 20.1 Å². The van der Waals surface area contributed by atoms with Crippen LogP contribution in [0.1, 0.15) is 13.8 Å². The van der Waals surface area contributed by atoms with E-state index in [1.54, 1.807) is 19.1 Å². The quantitative estimate of drug-likeness (QED) is 0.749. The summed E-state index contributed by atoms with van der Waals surface area (Å²) in [6.07, 6.45) is 0. The number of ether oxygens (including phenoxy) is 1. The Bertz CT molecular complexity index is 604. The monoisotopic (exact) mass is 334 g/mol. The normalized spacial score (nSPS) is 12.6. The molecule has 21 heavy (non-hydrogen) atoms. The van der Waals surface area contributed by atoms with Crippen LogP contribution in [0.2, 0.25) is 0 Å². The molecule has 0 aliphatic rings. The van der Waals surface area contributed by atoms with Crippen LogP contribution in [0, 0.1) is 5.92 Å². The molecular weight excluding hydrogens is 316 g/mol. The minimum Gasteiger partial charge on any atom is -0.495 e. The van der Waals surface area contributed by atoms with Gasteiger partial charge in [0.2, 0.25) is 15.9 Å². The number of benzene rings is 1. The van der Waals surface area contributed by atoms with Gasteiger partial charge in [-0.3, -0.25) is 9.52 Å². The number of anilines is 2. The van der Waals surface area contributed by atoms with Gasteiger partial charge in [-0.1, -0.05) is 6.92 Å². The van der Waals surface area contributed by atoms with Gasteiger partial charge >= 0.3 is 0 Å². The van der Waals surface area contributed by atoms with Crippen LogP contribution in [-0.4, -0.2) is 33.1 Å². The Balaban J connectivity index is 3.01. The second kappa shape index (κ2) is 7.51. The predicted octanol–water partition coefficient (Wildman–Crippen LogP) is 2.27. The standard InChI is InChI=1S/C13H19ClN2O4S/c1-9(7-14)8-21(18,19)16-12-6-11(15-10(2)17)4-5-13(12)20-3/h4-6,9,16H,7-8H2,1-3H3,(H,15,17). The maximum atomic E-state index is 12.1. The summed E-state index contributed by atoms with van der Waals surface area (Å²) < 4.78 is 31.7. The molecule has 8 heteroatoms. The van der Waals surface area contributed by atoms with Crippen molar-refractivity contribution in [2.45, 2.75) is 13.8 Å². The number of nitrogens with one attached hydrogen (secondary N) is 2. The fourth-order valence-corrected chi connectivity index (χ4v) is 3.38. The summed E-state index contributed by atoms with van der Waals surface area (Å²) in [5, 5.41) is 2.58. The van der Waals surface area contributed by atoms with Crippen molar-refractivity contribution in [3.63, 3.8) is 0 Å². The molecule has 0 saturated carbocycles. The summed E-state index contributed by atoms with van der Waals surface area (Å²) in [4.78, 5) is 11.1. The first-order valence-corrected chi connectivity index (χ1v) is 8.48. The Morgan fingerprint density at radius 1 is 1.43 bits per heavy atom. The number of methoxy groups -OCH3 is 1. The van der Waals surface area contributed by atoms with Crippen LogP contribution in [0.3, 0.4) is 0 Å². The fraction of sp³-hybridized carbons (Fsp3) is 0.462. The fourth-order valence-electron chi connectivity index (χ4n) is 1.70. The molecule has 0 heterocycles. The SMILES string of the molecule is COc1ccc(NC(C)=O)cc1NS(=O)(=O)CC(C)CCl. The predicted molar refractivity (Wildman–Crippen MR) is 84.6 cm³/mol. The van der Waals surface area contributed by atoms with Crippen molar-refractivity contribution in [1.82, 2.24) is 0 Å². The van der Waals surface area contributed by atoms with E-state index in [-0.39, 0.29) is 29.1 Å². The van der Waals surface area contributed by atoms with Gasteiger partial charge in [-0.05, 0) is 24.1 Å². The van der Waals surface area contributed by atoms with Crippen LogP contribution >= 0.6 is 11.6 Å². The van der Waals surface area contributed by atoms with Crippen molar-refractivity contribution in [2.75, 3.05) is 28.8 Å². The van der Waals surface area contributed by atoms with E-state index in [9.17, 15) is 13.2 Å². The van der Waals surface area contributed by atoms with Crippen LogP contribution in [0.15, 0.2) is 18.2 Å². The number of hydrogen-bond donors (Lipinski definition) is 2. The lowest BCUT2D eigenvalue weighted by Gasteiger charge is -2.15. The van der Waals surface area contributed by atoms with Crippen LogP contribution in [0.25, 0.3) is 0 Å². The molecule has 1 unspecified atom stereocenters. The van der Waals surface area contributed by atoms with Crippen molar-refractivity contribution in [2.24, 2.45) is 5.92 Å². The van der Waals surface area contributed by atoms with Gasteiger partial charge in [-0.25, -0.2) is 8.42 Å². The summed E-state index contributed by atoms with van der Waals surface area (Å²) in [6.45, 7) is 3.12. The number of sulfonamides is 1. The minimum atomic E-state index is -3.55. The molecule has 1 aromatic rings. The van der Waals surface area contributed by atoms with Crippen molar-refractivity contribution >= 4 is 38.9 Å². The summed E-state index contributed by atoms with van der Waals surface area (Å²) in [5.74, 6) is 0.109. The van der Waals surface area contributed by atoms with E-state index in [0.717, 1.165) is 0 Å². The maximum absolute atomic E-state index is 12.1. The molecule has 2 N–H and O–H groups in total. The first-order chi connectivity index (χ1) is 9.77. The summed E-state index contributed by atoms with van der Waals surface area (Å²) in [5.41, 5.74) is 0.747. The second-order valence-corrected chi connectivity index (χ2v) is 6.81. The number of hydrogen-bond acceptors (Lipinski definition) is 4. The molecule has 1 amide bonds. The first-order valence-electron chi connectivity index (χ1n) is 6.29. The molecular formula is C13H19ClN2O4S. The third-order valence-electron chi connectivity index (χ3n) is 2.55. The molecule has 0 aromatic heterocycles. The van der Waals surface area contributed by atoms with Crippen LogP contribution in [0.4, 0.5) is 11.4 Å². The van der Waals surface area contributed by atoms with E-state index < -0.39 is 10.0 Å². The zero-order chi connectivity index (χ0) is 16.0. The van der Waals surface area contributed by atoms with Gasteiger partial charge in [0.25, 0.3) is 0 Å². The third-order valence-corrected chi connectivity index (χ3v) is 4.62. The van der Waals surface area contributed by atoms with Gasteiger partial charge in [-0.2, -0.15) is 0 Å². The molecule has 6 nitrogen and oxygen atoms in total. The molecule has 0 saturated heterocycles. The molecule has 0 fully saturated rings. The summed E-state index contributed by atoms with van der Waals surface area (Å²) in [6, 6.07) is 4.71. The van der Waals surface area contributed by atoms with Crippen LogP contribution in [-0.2, 0) is 14.8 Å². The highest BCUT2D eigenvalue weighted by molar-refractivity contribution is 7.92. The highest BCUT2D eigenvalue weighted by Gasteiger charge is 2.17. The van der Waals surface area contributed by atoms with Gasteiger partial charge in [-0.15, -0.1) is 11.6 Å². The number of rotatable bonds is 7. The van der Waals surface area contributed by atoms with Gasteiger partial charge < -0.3 is 10.1 Å². The van der Waals surface area contributed by atoms with Crippen molar-refractivity contribution < 1.29 is 17.9 Å². The Labute approximate surface area is 129 Å². The van der Waals surface area contributed by atoms with E-state index in [2.05, 4.69) is 10.0 Å². The van der Waals surface area contributed by atoms with E-state index >= 15 is 0 Å². The third kappa shape index (κ3) is 5.81. The van der Waals surface area contributed by atoms with Gasteiger partial charge in [0.1, 0.15) is 5.75 Å². The Kier molecular flexibility index (Phi) is 6.29. The van der Waals surface area contributed by atoms with Gasteiger partial charge in [0.15, 0.2) is 0 Å². The molecule has 0 bridgehead atoms. The zero-order valence-corrected chi connectivity index (χ0v) is 13.7. The largest absolute Gasteiger partial charge is 0.495 e. The van der Waals surface area contributed by atoms with E-state index in [4.69, 9.17) is 16.3 Å². The molecule has 1 rings (SSSR count). The number of amides is 1. The Hall–Kier alpha value is -1.47. The van der Waals surface area contributed by atoms with Crippen LogP contribution in [0.5, 0.6) is 5.75 Å². The Morgan fingerprint density at radius 3 is 2.62 bits per heavy atom. The summed E-state index contributed by atoms with van der Waals surface area (Å²) in [7, 11) is -2.11. The number of carbonyl (C=O) groups is 1. The molecule has 0 aliphatic heterocycles. The highest BCUT2D eigenvalue weighted by Crippen LogP contribution is 2.29. The second-order valence-electron chi connectivity index (χ2n) is 4.74. The number of alkyl halides is 1. The molecule has 1 atom stereocenters. The summed E-state index contributed by atoms with van der Waals surface area (Å²) >= 11 is 5.64. The van der Waals surface area contributed by atoms with Crippen molar-refractivity contribution in [3.8, 4) is 5.75 Å². The van der Waals surface area contributed by atoms with Crippen LogP contribution < -0.4 is 14.8 Å². The molecule has 118 valence electrons. The molecule has 1 aromatic carbocycles. The average molecular weight is 335 g/mol. The van der Waals surface area contributed by atoms with Crippen molar-refractivity contribution in [3.05, 3.63) is 18.2 Å². The topological polar surface area (TPSA) is 84.5 Å². The smallest absolute Gasteiger partial charge is 0.233 e. The zero-order valence-electron chi connectivity index (χ0n) is 12.1. The average Bonchev–Trinajstić information content (AvgIpc) is 2.37. The maximum Gasteiger partial charge on any atom is 0.233 e. The van der Waals surface area contributed by atoms with Crippen molar-refractivity contribution in [1.29, 1.82) is 0 Å². The van der Waals surface area contributed by atoms with E-state index in [0.29, 0.717) is 11.4 Å². The highest BCUT2D eigenvalue weighted by atomic mass is 35.5. The molecule has 0 aliphatic carbocycles. The Morgan fingerprint density at radius 2 is 2.10 bits per heavy atom. The lowest BCUT2D eigenvalue weighted by atomic mass is 10.2. The van der Waals surface area contributed by atoms with E-state index in [1.807, 2.05) is 0 Å². The first kappa shape index (κ1) is 17.6.